The van der Waals surface area contributed by atoms with E-state index in [4.69, 9.17) is 0 Å². The number of nitrogens with zero attached hydrogens (tertiary/aromatic N) is 2. The Morgan fingerprint density at radius 3 is 2.72 bits per heavy atom. The molecule has 0 aromatic heterocycles. The van der Waals surface area contributed by atoms with Crippen LogP contribution in [0.5, 0.6) is 0 Å². The molecule has 2 heterocycles. The fourth-order valence-electron chi connectivity index (χ4n) is 4.20. The number of amides is 3. The highest BCUT2D eigenvalue weighted by molar-refractivity contribution is 6.39. The third-order valence-corrected chi connectivity index (χ3v) is 6.02. The van der Waals surface area contributed by atoms with Gasteiger partial charge in [-0.05, 0) is 54.7 Å². The molecule has 0 saturated carbocycles. The number of nitrogens with one attached hydrogen (secondary N) is 2. The number of likely N-dealkylation sites (N-methyl/N-ethyl adjacent to an activating group) is 1. The molecule has 8 heteroatoms. The second kappa shape index (κ2) is 9.40. The fourth-order valence-corrected chi connectivity index (χ4v) is 4.20. The average Bonchev–Trinajstić information content (AvgIpc) is 3.17. The van der Waals surface area contributed by atoms with Gasteiger partial charge in [0.05, 0.1) is 6.10 Å². The SMILES string of the molecule is CN1CCc2cc([C@H](O)CNC(=O)C(=O)Nc3cccc(N4CCCCC4=O)c3)ccc21. The quantitative estimate of drug-likeness (QED) is 0.622. The van der Waals surface area contributed by atoms with Crippen molar-refractivity contribution in [2.45, 2.75) is 31.8 Å². The molecule has 0 spiro atoms. The van der Waals surface area contributed by atoms with Crippen molar-refractivity contribution in [1.82, 2.24) is 5.32 Å². The smallest absolute Gasteiger partial charge is 0.313 e. The average molecular weight is 437 g/mol. The second-order valence-corrected chi connectivity index (χ2v) is 8.29. The van der Waals surface area contributed by atoms with Gasteiger partial charge < -0.3 is 25.5 Å². The highest BCUT2D eigenvalue weighted by Crippen LogP contribution is 2.29. The Labute approximate surface area is 187 Å². The molecule has 168 valence electrons. The van der Waals surface area contributed by atoms with Crippen molar-refractivity contribution in [1.29, 1.82) is 0 Å². The van der Waals surface area contributed by atoms with Gasteiger partial charge in [0, 0.05) is 50.2 Å². The first-order valence-corrected chi connectivity index (χ1v) is 10.9. The molecule has 0 aliphatic carbocycles. The molecular formula is C24H28N4O4. The van der Waals surface area contributed by atoms with E-state index in [0.29, 0.717) is 29.9 Å². The van der Waals surface area contributed by atoms with Gasteiger partial charge in [-0.15, -0.1) is 0 Å². The van der Waals surface area contributed by atoms with Crippen molar-refractivity contribution in [2.24, 2.45) is 0 Å². The first kappa shape index (κ1) is 21.8. The molecule has 3 N–H and O–H groups in total. The first-order chi connectivity index (χ1) is 15.4. The van der Waals surface area contributed by atoms with Crippen molar-refractivity contribution in [3.8, 4) is 0 Å². The summed E-state index contributed by atoms with van der Waals surface area (Å²) in [4.78, 5) is 40.5. The van der Waals surface area contributed by atoms with Crippen LogP contribution in [0.3, 0.4) is 0 Å². The van der Waals surface area contributed by atoms with E-state index < -0.39 is 17.9 Å². The van der Waals surface area contributed by atoms with Gasteiger partial charge >= 0.3 is 11.8 Å². The molecule has 3 amide bonds. The van der Waals surface area contributed by atoms with E-state index in [0.717, 1.165) is 31.5 Å². The van der Waals surface area contributed by atoms with Gasteiger partial charge in [-0.25, -0.2) is 0 Å². The third-order valence-electron chi connectivity index (χ3n) is 6.02. The van der Waals surface area contributed by atoms with Crippen LogP contribution in [-0.4, -0.2) is 49.5 Å². The number of aliphatic hydroxyl groups is 1. The van der Waals surface area contributed by atoms with Crippen molar-refractivity contribution in [2.75, 3.05) is 41.8 Å². The summed E-state index contributed by atoms with van der Waals surface area (Å²) in [6.07, 6.45) is 2.36. The maximum Gasteiger partial charge on any atom is 0.313 e. The minimum absolute atomic E-state index is 0.0599. The molecule has 0 unspecified atom stereocenters. The second-order valence-electron chi connectivity index (χ2n) is 8.29. The van der Waals surface area contributed by atoms with Crippen LogP contribution in [0.2, 0.25) is 0 Å². The molecule has 2 aromatic rings. The molecule has 32 heavy (non-hydrogen) atoms. The van der Waals surface area contributed by atoms with Crippen LogP contribution < -0.4 is 20.4 Å². The van der Waals surface area contributed by atoms with Crippen LogP contribution in [0.15, 0.2) is 42.5 Å². The summed E-state index contributed by atoms with van der Waals surface area (Å²) < 4.78 is 0. The predicted octanol–water partition coefficient (Wildman–Crippen LogP) is 1.98. The van der Waals surface area contributed by atoms with Gasteiger partial charge in [-0.2, -0.15) is 0 Å². The molecule has 4 rings (SSSR count). The number of benzene rings is 2. The summed E-state index contributed by atoms with van der Waals surface area (Å²) in [6.45, 7) is 1.52. The number of carbonyl (C=O) groups is 3. The molecule has 8 nitrogen and oxygen atoms in total. The van der Waals surface area contributed by atoms with E-state index in [9.17, 15) is 19.5 Å². The Hall–Kier alpha value is -3.39. The first-order valence-electron chi connectivity index (χ1n) is 10.9. The molecule has 2 aromatic carbocycles. The topological polar surface area (TPSA) is 102 Å². The number of piperidine rings is 1. The Morgan fingerprint density at radius 1 is 1.06 bits per heavy atom. The minimum atomic E-state index is -0.906. The summed E-state index contributed by atoms with van der Waals surface area (Å²) in [5.41, 5.74) is 4.16. The van der Waals surface area contributed by atoms with Gasteiger partial charge in [-0.1, -0.05) is 18.2 Å². The standard InChI is InChI=1S/C24H28N4O4/c1-27-12-10-16-13-17(8-9-20(16)27)21(29)15-25-23(31)24(32)26-18-5-4-6-19(14-18)28-11-3-2-7-22(28)30/h4-6,8-9,13-14,21,29H,2-3,7,10-12,15H2,1H3,(H,25,31)(H,26,32)/t21-/m1/s1. The number of carbonyl (C=O) groups excluding carboxylic acids is 3. The summed E-state index contributed by atoms with van der Waals surface area (Å²) in [5.74, 6) is -1.59. The number of hydrogen-bond acceptors (Lipinski definition) is 5. The number of hydrogen-bond donors (Lipinski definition) is 3. The molecular weight excluding hydrogens is 408 g/mol. The summed E-state index contributed by atoms with van der Waals surface area (Å²) in [7, 11) is 2.03. The highest BCUT2D eigenvalue weighted by Gasteiger charge is 2.22. The van der Waals surface area contributed by atoms with E-state index >= 15 is 0 Å². The zero-order chi connectivity index (χ0) is 22.7. The lowest BCUT2D eigenvalue weighted by molar-refractivity contribution is -0.136. The van der Waals surface area contributed by atoms with Gasteiger partial charge in [0.2, 0.25) is 5.91 Å². The van der Waals surface area contributed by atoms with Gasteiger partial charge in [0.25, 0.3) is 0 Å². The van der Waals surface area contributed by atoms with Crippen molar-refractivity contribution < 1.29 is 19.5 Å². The number of anilines is 3. The summed E-state index contributed by atoms with van der Waals surface area (Å²) in [6, 6.07) is 12.7. The third kappa shape index (κ3) is 4.75. The van der Waals surface area contributed by atoms with Crippen molar-refractivity contribution >= 4 is 34.8 Å². The lowest BCUT2D eigenvalue weighted by atomic mass is 10.0. The van der Waals surface area contributed by atoms with Gasteiger partial charge in [-0.3, -0.25) is 14.4 Å². The minimum Gasteiger partial charge on any atom is -0.387 e. The molecule has 0 bridgehead atoms. The molecule has 2 aliphatic heterocycles. The van der Waals surface area contributed by atoms with E-state index in [1.165, 1.54) is 5.56 Å². The van der Waals surface area contributed by atoms with E-state index in [-0.39, 0.29) is 12.5 Å². The van der Waals surface area contributed by atoms with Crippen molar-refractivity contribution in [3.63, 3.8) is 0 Å². The van der Waals surface area contributed by atoms with Crippen molar-refractivity contribution in [3.05, 3.63) is 53.6 Å². The number of rotatable bonds is 5. The van der Waals surface area contributed by atoms with E-state index in [1.807, 2.05) is 31.3 Å². The maximum atomic E-state index is 12.3. The highest BCUT2D eigenvalue weighted by atomic mass is 16.3. The van der Waals surface area contributed by atoms with E-state index in [2.05, 4.69) is 15.5 Å². The number of fused-ring (bicyclic) bond motifs is 1. The Kier molecular flexibility index (Phi) is 6.41. The van der Waals surface area contributed by atoms with Crippen LogP contribution >= 0.6 is 0 Å². The van der Waals surface area contributed by atoms with E-state index in [1.54, 1.807) is 23.1 Å². The van der Waals surface area contributed by atoms with Crippen LogP contribution in [0.25, 0.3) is 0 Å². The fraction of sp³-hybridized carbons (Fsp3) is 0.375. The Morgan fingerprint density at radius 2 is 1.91 bits per heavy atom. The van der Waals surface area contributed by atoms with Crippen LogP contribution in [0, 0.1) is 0 Å². The predicted molar refractivity (Wildman–Crippen MR) is 123 cm³/mol. The number of aliphatic hydroxyl groups excluding tert-OH is 1. The molecule has 1 saturated heterocycles. The lowest BCUT2D eigenvalue weighted by Crippen LogP contribution is -2.38. The molecule has 1 atom stereocenters. The Balaban J connectivity index is 1.32. The zero-order valence-electron chi connectivity index (χ0n) is 18.1. The normalized spacial score (nSPS) is 16.5. The van der Waals surface area contributed by atoms with Gasteiger partial charge in [0.1, 0.15) is 0 Å². The summed E-state index contributed by atoms with van der Waals surface area (Å²) >= 11 is 0. The molecule has 1 fully saturated rings. The molecule has 2 aliphatic rings. The largest absolute Gasteiger partial charge is 0.387 e. The monoisotopic (exact) mass is 436 g/mol. The van der Waals surface area contributed by atoms with Gasteiger partial charge in [0.15, 0.2) is 0 Å². The van der Waals surface area contributed by atoms with Crippen LogP contribution in [0.4, 0.5) is 17.1 Å². The Bertz CT molecular complexity index is 1040. The zero-order valence-corrected chi connectivity index (χ0v) is 18.1. The van der Waals surface area contributed by atoms with Crippen LogP contribution in [0.1, 0.15) is 36.5 Å². The molecule has 0 radical (unpaired) electrons. The lowest BCUT2D eigenvalue weighted by Gasteiger charge is -2.27. The maximum absolute atomic E-state index is 12.3. The summed E-state index contributed by atoms with van der Waals surface area (Å²) in [5, 5.41) is 15.5. The van der Waals surface area contributed by atoms with Crippen LogP contribution in [-0.2, 0) is 20.8 Å².